The van der Waals surface area contributed by atoms with Gasteiger partial charge in [-0.25, -0.2) is 14.4 Å². The Morgan fingerprint density at radius 3 is 2.74 bits per heavy atom. The van der Waals surface area contributed by atoms with E-state index in [2.05, 4.69) is 18.3 Å². The number of unbranched alkanes of at least 4 members (excludes halogenated alkanes) is 1. The van der Waals surface area contributed by atoms with Crippen molar-refractivity contribution < 1.29 is 9.13 Å². The van der Waals surface area contributed by atoms with Crippen LogP contribution in [0.4, 0.5) is 10.2 Å². The molecule has 27 heavy (non-hydrogen) atoms. The summed E-state index contributed by atoms with van der Waals surface area (Å²) in [5.74, 6) is 2.53. The molecule has 1 heterocycles. The molecule has 0 radical (unpaired) electrons. The van der Waals surface area contributed by atoms with Crippen LogP contribution in [0.2, 0.25) is 0 Å². The van der Waals surface area contributed by atoms with Crippen LogP contribution in [0.1, 0.15) is 44.3 Å². The summed E-state index contributed by atoms with van der Waals surface area (Å²) in [5, 5.41) is 4.47. The summed E-state index contributed by atoms with van der Waals surface area (Å²) in [5.41, 5.74) is 2.75. The number of halogens is 1. The van der Waals surface area contributed by atoms with E-state index in [1.54, 1.807) is 13.2 Å². The number of anilines is 1. The number of hydrogen-bond acceptors (Lipinski definition) is 4. The second kappa shape index (κ2) is 7.51. The fourth-order valence-corrected chi connectivity index (χ4v) is 3.26. The Morgan fingerprint density at radius 2 is 2.00 bits per heavy atom. The number of benzene rings is 2. The van der Waals surface area contributed by atoms with E-state index >= 15 is 0 Å². The molecule has 2 aromatic carbocycles. The number of ether oxygens (including phenoxy) is 1. The SMILES string of the molecule is CCCCNc1nc(C2CC2)nc2ccc(-c3ccc(F)cc3OC)cc12. The molecule has 1 aliphatic carbocycles. The van der Waals surface area contributed by atoms with Gasteiger partial charge in [0.05, 0.1) is 12.6 Å². The lowest BCUT2D eigenvalue weighted by Crippen LogP contribution is -2.06. The summed E-state index contributed by atoms with van der Waals surface area (Å²) in [6.07, 6.45) is 4.56. The maximum absolute atomic E-state index is 13.6. The van der Waals surface area contributed by atoms with Crippen molar-refractivity contribution in [3.63, 3.8) is 0 Å². The van der Waals surface area contributed by atoms with Crippen LogP contribution >= 0.6 is 0 Å². The second-order valence-corrected chi connectivity index (χ2v) is 7.06. The van der Waals surface area contributed by atoms with Crippen molar-refractivity contribution in [1.29, 1.82) is 0 Å². The van der Waals surface area contributed by atoms with E-state index in [1.807, 2.05) is 12.1 Å². The van der Waals surface area contributed by atoms with Gasteiger partial charge in [-0.05, 0) is 49.1 Å². The minimum atomic E-state index is -0.310. The van der Waals surface area contributed by atoms with Crippen LogP contribution < -0.4 is 10.1 Å². The van der Waals surface area contributed by atoms with E-state index < -0.39 is 0 Å². The standard InChI is InChI=1S/C22H24FN3O/c1-3-4-11-24-22-18-12-15(17-9-8-16(23)13-20(17)27-2)7-10-19(18)25-21(26-22)14-5-6-14/h7-10,12-14H,3-6,11H2,1-2H3,(H,24,25,26). The van der Waals surface area contributed by atoms with E-state index in [0.717, 1.165) is 53.1 Å². The predicted octanol–water partition coefficient (Wildman–Crippen LogP) is 5.53. The maximum Gasteiger partial charge on any atom is 0.137 e. The van der Waals surface area contributed by atoms with Crippen molar-refractivity contribution in [3.8, 4) is 16.9 Å². The van der Waals surface area contributed by atoms with Gasteiger partial charge >= 0.3 is 0 Å². The topological polar surface area (TPSA) is 47.0 Å². The highest BCUT2D eigenvalue weighted by Crippen LogP contribution is 2.40. The highest BCUT2D eigenvalue weighted by molar-refractivity contribution is 5.93. The number of methoxy groups -OCH3 is 1. The molecule has 4 nitrogen and oxygen atoms in total. The number of nitrogens with one attached hydrogen (secondary N) is 1. The zero-order valence-corrected chi connectivity index (χ0v) is 15.8. The lowest BCUT2D eigenvalue weighted by atomic mass is 10.0. The molecule has 0 atom stereocenters. The lowest BCUT2D eigenvalue weighted by molar-refractivity contribution is 0.413. The Bertz CT molecular complexity index is 969. The van der Waals surface area contributed by atoms with Gasteiger partial charge in [-0.1, -0.05) is 19.4 Å². The van der Waals surface area contributed by atoms with Crippen molar-refractivity contribution >= 4 is 16.7 Å². The molecule has 0 saturated heterocycles. The van der Waals surface area contributed by atoms with Gasteiger partial charge in [0.2, 0.25) is 0 Å². The summed E-state index contributed by atoms with van der Waals surface area (Å²) >= 11 is 0. The zero-order valence-electron chi connectivity index (χ0n) is 15.8. The van der Waals surface area contributed by atoms with Crippen LogP contribution in [-0.4, -0.2) is 23.6 Å². The van der Waals surface area contributed by atoms with Gasteiger partial charge < -0.3 is 10.1 Å². The van der Waals surface area contributed by atoms with E-state index in [4.69, 9.17) is 14.7 Å². The first-order chi connectivity index (χ1) is 13.2. The molecule has 0 unspecified atom stereocenters. The van der Waals surface area contributed by atoms with Gasteiger partial charge in [0.15, 0.2) is 0 Å². The van der Waals surface area contributed by atoms with E-state index in [-0.39, 0.29) is 5.82 Å². The van der Waals surface area contributed by atoms with Gasteiger partial charge in [0.1, 0.15) is 23.2 Å². The Morgan fingerprint density at radius 1 is 1.15 bits per heavy atom. The molecule has 0 aliphatic heterocycles. The first kappa shape index (κ1) is 17.7. The third-order valence-electron chi connectivity index (χ3n) is 4.95. The summed E-state index contributed by atoms with van der Waals surface area (Å²) in [7, 11) is 1.56. The third kappa shape index (κ3) is 3.72. The van der Waals surface area contributed by atoms with E-state index in [1.165, 1.54) is 25.0 Å². The van der Waals surface area contributed by atoms with E-state index in [9.17, 15) is 4.39 Å². The number of nitrogens with zero attached hydrogens (tertiary/aromatic N) is 2. The average molecular weight is 365 g/mol. The molecule has 1 aromatic heterocycles. The number of rotatable bonds is 7. The Balaban J connectivity index is 1.80. The summed E-state index contributed by atoms with van der Waals surface area (Å²) in [4.78, 5) is 9.59. The first-order valence-electron chi connectivity index (χ1n) is 9.59. The molecule has 1 saturated carbocycles. The highest BCUT2D eigenvalue weighted by Gasteiger charge is 2.27. The van der Waals surface area contributed by atoms with Crippen LogP contribution in [0.25, 0.3) is 22.0 Å². The number of hydrogen-bond donors (Lipinski definition) is 1. The monoisotopic (exact) mass is 365 g/mol. The quantitative estimate of drug-likeness (QED) is 0.559. The van der Waals surface area contributed by atoms with Crippen LogP contribution in [0, 0.1) is 5.82 Å². The molecule has 1 fully saturated rings. The van der Waals surface area contributed by atoms with Crippen molar-refractivity contribution in [3.05, 3.63) is 48.0 Å². The largest absolute Gasteiger partial charge is 0.496 e. The molecular weight excluding hydrogens is 341 g/mol. The van der Waals surface area contributed by atoms with Gasteiger partial charge in [0, 0.05) is 29.5 Å². The lowest BCUT2D eigenvalue weighted by Gasteiger charge is -2.13. The number of aromatic nitrogens is 2. The van der Waals surface area contributed by atoms with Crippen molar-refractivity contribution in [2.75, 3.05) is 19.0 Å². The average Bonchev–Trinajstić information content (AvgIpc) is 3.53. The van der Waals surface area contributed by atoms with Gasteiger partial charge in [0.25, 0.3) is 0 Å². The van der Waals surface area contributed by atoms with Gasteiger partial charge in [-0.15, -0.1) is 0 Å². The number of fused-ring (bicyclic) bond motifs is 1. The molecule has 1 N–H and O–H groups in total. The van der Waals surface area contributed by atoms with Crippen LogP contribution in [0.3, 0.4) is 0 Å². The van der Waals surface area contributed by atoms with Crippen molar-refractivity contribution in [1.82, 2.24) is 9.97 Å². The third-order valence-corrected chi connectivity index (χ3v) is 4.95. The van der Waals surface area contributed by atoms with E-state index in [0.29, 0.717) is 11.7 Å². The molecule has 140 valence electrons. The minimum absolute atomic E-state index is 0.310. The normalized spacial score (nSPS) is 13.7. The smallest absolute Gasteiger partial charge is 0.137 e. The minimum Gasteiger partial charge on any atom is -0.496 e. The fraction of sp³-hybridized carbons (Fsp3) is 0.364. The Kier molecular flexibility index (Phi) is 4.92. The van der Waals surface area contributed by atoms with Crippen LogP contribution in [0.15, 0.2) is 36.4 Å². The molecular formula is C22H24FN3O. The predicted molar refractivity (Wildman–Crippen MR) is 107 cm³/mol. The van der Waals surface area contributed by atoms with Gasteiger partial charge in [-0.3, -0.25) is 0 Å². The second-order valence-electron chi connectivity index (χ2n) is 7.06. The first-order valence-corrected chi connectivity index (χ1v) is 9.59. The van der Waals surface area contributed by atoms with Crippen LogP contribution in [0.5, 0.6) is 5.75 Å². The molecule has 3 aromatic rings. The molecule has 0 spiro atoms. The highest BCUT2D eigenvalue weighted by atomic mass is 19.1. The summed E-state index contributed by atoms with van der Waals surface area (Å²) in [6, 6.07) is 10.7. The maximum atomic E-state index is 13.6. The van der Waals surface area contributed by atoms with Gasteiger partial charge in [-0.2, -0.15) is 0 Å². The Hall–Kier alpha value is -2.69. The van der Waals surface area contributed by atoms with Crippen molar-refractivity contribution in [2.24, 2.45) is 0 Å². The zero-order chi connectivity index (χ0) is 18.8. The van der Waals surface area contributed by atoms with Crippen molar-refractivity contribution in [2.45, 2.75) is 38.5 Å². The molecule has 5 heteroatoms. The molecule has 0 amide bonds. The molecule has 1 aliphatic rings. The summed E-state index contributed by atoms with van der Waals surface area (Å²) < 4.78 is 18.9. The molecule has 4 rings (SSSR count). The van der Waals surface area contributed by atoms with Crippen LogP contribution in [-0.2, 0) is 0 Å². The fourth-order valence-electron chi connectivity index (χ4n) is 3.26. The Labute approximate surface area is 158 Å². The summed E-state index contributed by atoms with van der Waals surface area (Å²) in [6.45, 7) is 3.06. The molecule has 0 bridgehead atoms.